The van der Waals surface area contributed by atoms with E-state index in [4.69, 9.17) is 5.11 Å². The SMILES string of the molecule is CNCC(=O)SCC(=O)O.Cl. The average molecular weight is 200 g/mol. The molecule has 0 spiro atoms. The van der Waals surface area contributed by atoms with Gasteiger partial charge < -0.3 is 10.4 Å². The Morgan fingerprint density at radius 2 is 2.09 bits per heavy atom. The van der Waals surface area contributed by atoms with E-state index in [-0.39, 0.29) is 29.8 Å². The zero-order valence-corrected chi connectivity index (χ0v) is 7.63. The predicted octanol–water partition coefficient (Wildman–Crippen LogP) is -0.0280. The summed E-state index contributed by atoms with van der Waals surface area (Å²) in [5.74, 6) is -1.12. The molecular weight excluding hydrogens is 190 g/mol. The van der Waals surface area contributed by atoms with Gasteiger partial charge >= 0.3 is 5.97 Å². The third-order valence-corrected chi connectivity index (χ3v) is 1.54. The summed E-state index contributed by atoms with van der Waals surface area (Å²) in [5.41, 5.74) is 0. The van der Waals surface area contributed by atoms with Gasteiger partial charge in [0.2, 0.25) is 5.12 Å². The van der Waals surface area contributed by atoms with Gasteiger partial charge in [0.25, 0.3) is 0 Å². The molecule has 0 rings (SSSR count). The summed E-state index contributed by atoms with van der Waals surface area (Å²) < 4.78 is 0. The number of carboxylic acid groups (broad SMARTS) is 1. The van der Waals surface area contributed by atoms with Gasteiger partial charge in [-0.3, -0.25) is 9.59 Å². The first-order valence-electron chi connectivity index (χ1n) is 2.69. The molecule has 0 unspecified atom stereocenters. The number of aliphatic carboxylic acids is 1. The number of rotatable bonds is 4. The molecule has 0 bridgehead atoms. The monoisotopic (exact) mass is 199 g/mol. The normalized spacial score (nSPS) is 8.45. The van der Waals surface area contributed by atoms with E-state index in [2.05, 4.69) is 5.32 Å². The number of carboxylic acids is 1. The molecule has 0 aromatic carbocycles. The van der Waals surface area contributed by atoms with Crippen LogP contribution in [0.1, 0.15) is 0 Å². The second kappa shape index (κ2) is 7.84. The maximum Gasteiger partial charge on any atom is 0.313 e. The third-order valence-electron chi connectivity index (χ3n) is 0.678. The zero-order chi connectivity index (χ0) is 7.98. The van der Waals surface area contributed by atoms with E-state index in [1.807, 2.05) is 0 Å². The summed E-state index contributed by atoms with van der Waals surface area (Å²) in [6.45, 7) is 0.220. The van der Waals surface area contributed by atoms with Crippen LogP contribution in [0.15, 0.2) is 0 Å². The second-order valence-electron chi connectivity index (χ2n) is 1.58. The van der Waals surface area contributed by atoms with Crippen molar-refractivity contribution in [3.8, 4) is 0 Å². The van der Waals surface area contributed by atoms with Gasteiger partial charge in [-0.1, -0.05) is 11.8 Å². The van der Waals surface area contributed by atoms with Crippen LogP contribution in [0.4, 0.5) is 0 Å². The Balaban J connectivity index is 0. The van der Waals surface area contributed by atoms with Crippen LogP contribution in [0.5, 0.6) is 0 Å². The van der Waals surface area contributed by atoms with Crippen LogP contribution >= 0.6 is 24.2 Å². The summed E-state index contributed by atoms with van der Waals surface area (Å²) in [6, 6.07) is 0. The van der Waals surface area contributed by atoms with Gasteiger partial charge in [-0.05, 0) is 7.05 Å². The lowest BCUT2D eigenvalue weighted by Crippen LogP contribution is -2.16. The Kier molecular flexibility index (Phi) is 9.51. The van der Waals surface area contributed by atoms with Crippen molar-refractivity contribution in [1.82, 2.24) is 5.32 Å². The Hall–Kier alpha value is -0.260. The quantitative estimate of drug-likeness (QED) is 0.666. The van der Waals surface area contributed by atoms with Crippen LogP contribution in [0.2, 0.25) is 0 Å². The smallest absolute Gasteiger partial charge is 0.313 e. The lowest BCUT2D eigenvalue weighted by molar-refractivity contribution is -0.134. The molecule has 0 aromatic rings. The highest BCUT2D eigenvalue weighted by Gasteiger charge is 2.03. The van der Waals surface area contributed by atoms with Crippen molar-refractivity contribution in [2.24, 2.45) is 0 Å². The van der Waals surface area contributed by atoms with Crippen LogP contribution in [-0.2, 0) is 9.59 Å². The summed E-state index contributed by atoms with van der Waals surface area (Å²) >= 11 is 0.808. The Labute approximate surface area is 75.1 Å². The Morgan fingerprint density at radius 1 is 1.55 bits per heavy atom. The van der Waals surface area contributed by atoms with Gasteiger partial charge in [0.15, 0.2) is 0 Å². The number of carbonyl (C=O) groups excluding carboxylic acids is 1. The van der Waals surface area contributed by atoms with Crippen LogP contribution in [0, 0.1) is 0 Å². The van der Waals surface area contributed by atoms with Crippen molar-refractivity contribution in [3.05, 3.63) is 0 Å². The first kappa shape index (κ1) is 13.3. The number of nitrogens with one attached hydrogen (secondary N) is 1. The van der Waals surface area contributed by atoms with Crippen molar-refractivity contribution in [2.75, 3.05) is 19.3 Å². The second-order valence-corrected chi connectivity index (χ2v) is 2.62. The number of halogens is 1. The van der Waals surface area contributed by atoms with Gasteiger partial charge in [-0.2, -0.15) is 0 Å². The number of thioether (sulfide) groups is 1. The number of likely N-dealkylation sites (N-methyl/N-ethyl adjacent to an activating group) is 1. The lowest BCUT2D eigenvalue weighted by atomic mass is 10.7. The van der Waals surface area contributed by atoms with Gasteiger partial charge in [-0.25, -0.2) is 0 Å². The van der Waals surface area contributed by atoms with Crippen molar-refractivity contribution in [2.45, 2.75) is 0 Å². The minimum absolute atomic E-state index is 0. The van der Waals surface area contributed by atoms with Gasteiger partial charge in [0.05, 0.1) is 12.3 Å². The molecule has 4 nitrogen and oxygen atoms in total. The summed E-state index contributed by atoms with van der Waals surface area (Å²) in [6.07, 6.45) is 0. The molecule has 2 N–H and O–H groups in total. The van der Waals surface area contributed by atoms with Gasteiger partial charge in [0.1, 0.15) is 0 Å². The maximum atomic E-state index is 10.6. The molecule has 0 amide bonds. The minimum atomic E-state index is -0.963. The van der Waals surface area contributed by atoms with Gasteiger partial charge in [-0.15, -0.1) is 12.4 Å². The molecule has 0 radical (unpaired) electrons. The lowest BCUT2D eigenvalue weighted by Gasteiger charge is -1.94. The fraction of sp³-hybridized carbons (Fsp3) is 0.600. The van der Waals surface area contributed by atoms with Crippen LogP contribution in [-0.4, -0.2) is 35.5 Å². The standard InChI is InChI=1S/C5H9NO3S.ClH/c1-6-2-5(9)10-3-4(7)8;/h6H,2-3H2,1H3,(H,7,8);1H. The zero-order valence-electron chi connectivity index (χ0n) is 5.99. The maximum absolute atomic E-state index is 10.6. The molecule has 0 fully saturated rings. The van der Waals surface area contributed by atoms with Crippen LogP contribution < -0.4 is 5.32 Å². The highest BCUT2D eigenvalue weighted by Crippen LogP contribution is 1.99. The molecule has 0 aliphatic rings. The van der Waals surface area contributed by atoms with Crippen LogP contribution in [0.3, 0.4) is 0 Å². The highest BCUT2D eigenvalue weighted by atomic mass is 35.5. The van der Waals surface area contributed by atoms with E-state index in [0.29, 0.717) is 0 Å². The molecule has 11 heavy (non-hydrogen) atoms. The number of hydrogen-bond acceptors (Lipinski definition) is 4. The first-order chi connectivity index (χ1) is 4.66. The van der Waals surface area contributed by atoms with E-state index in [9.17, 15) is 9.59 Å². The average Bonchev–Trinajstić information content (AvgIpc) is 1.85. The van der Waals surface area contributed by atoms with E-state index < -0.39 is 5.97 Å². The van der Waals surface area contributed by atoms with Crippen molar-refractivity contribution in [1.29, 1.82) is 0 Å². The third kappa shape index (κ3) is 9.74. The van der Waals surface area contributed by atoms with Crippen molar-refractivity contribution >= 4 is 35.3 Å². The topological polar surface area (TPSA) is 66.4 Å². The Bertz CT molecular complexity index is 142. The van der Waals surface area contributed by atoms with Crippen molar-refractivity contribution < 1.29 is 14.7 Å². The molecular formula is C5H10ClNO3S. The molecule has 0 saturated carbocycles. The number of hydrogen-bond donors (Lipinski definition) is 2. The largest absolute Gasteiger partial charge is 0.481 e. The van der Waals surface area contributed by atoms with Crippen LogP contribution in [0.25, 0.3) is 0 Å². The molecule has 0 aliphatic heterocycles. The molecule has 66 valence electrons. The first-order valence-corrected chi connectivity index (χ1v) is 3.67. The summed E-state index contributed by atoms with van der Waals surface area (Å²) in [5, 5.41) is 10.6. The predicted molar refractivity (Wildman–Crippen MR) is 46.3 cm³/mol. The van der Waals surface area contributed by atoms with E-state index >= 15 is 0 Å². The summed E-state index contributed by atoms with van der Waals surface area (Å²) in [7, 11) is 1.64. The minimum Gasteiger partial charge on any atom is -0.481 e. The highest BCUT2D eigenvalue weighted by molar-refractivity contribution is 8.14. The van der Waals surface area contributed by atoms with Crippen molar-refractivity contribution in [3.63, 3.8) is 0 Å². The van der Waals surface area contributed by atoms with Gasteiger partial charge in [0, 0.05) is 0 Å². The number of carbonyl (C=O) groups is 2. The van der Waals surface area contributed by atoms with E-state index in [1.54, 1.807) is 7.05 Å². The molecule has 0 aliphatic carbocycles. The molecule has 0 heterocycles. The molecule has 0 aromatic heterocycles. The Morgan fingerprint density at radius 3 is 2.45 bits per heavy atom. The molecule has 0 saturated heterocycles. The molecule has 6 heteroatoms. The fourth-order valence-electron chi connectivity index (χ4n) is 0.338. The van der Waals surface area contributed by atoms with E-state index in [0.717, 1.165) is 11.8 Å². The summed E-state index contributed by atoms with van der Waals surface area (Å²) in [4.78, 5) is 20.5. The molecule has 0 atom stereocenters. The fourth-order valence-corrected chi connectivity index (χ4v) is 0.868. The van der Waals surface area contributed by atoms with E-state index in [1.165, 1.54) is 0 Å².